The zero-order valence-electron chi connectivity index (χ0n) is 14.2. The van der Waals surface area contributed by atoms with Crippen LogP contribution in [0.2, 0.25) is 0 Å². The molecule has 2 fully saturated rings. The van der Waals surface area contributed by atoms with Crippen LogP contribution in [-0.4, -0.2) is 54.4 Å². The lowest BCUT2D eigenvalue weighted by Gasteiger charge is -2.36. The second-order valence-electron chi connectivity index (χ2n) is 6.59. The van der Waals surface area contributed by atoms with Gasteiger partial charge in [-0.2, -0.15) is 0 Å². The second kappa shape index (κ2) is 8.25. The van der Waals surface area contributed by atoms with E-state index in [9.17, 15) is 23.7 Å². The van der Waals surface area contributed by atoms with Crippen LogP contribution < -0.4 is 4.89 Å². The van der Waals surface area contributed by atoms with Crippen LogP contribution in [0.4, 0.5) is 0 Å². The largest absolute Gasteiger partial charge is 0.756 e. The molecule has 146 valence electrons. The van der Waals surface area contributed by atoms with E-state index in [1.54, 1.807) is 13.8 Å². The predicted molar refractivity (Wildman–Crippen MR) is 81.2 cm³/mol. The third kappa shape index (κ3) is 5.92. The zero-order valence-corrected chi connectivity index (χ0v) is 16.0. The van der Waals surface area contributed by atoms with E-state index in [0.717, 1.165) is 0 Å². The fourth-order valence-corrected chi connectivity index (χ4v) is 4.49. The predicted octanol–water partition coefficient (Wildman–Crippen LogP) is 1.07. The lowest BCUT2D eigenvalue weighted by molar-refractivity contribution is -0.241. The molecule has 2 rings (SSSR count). The Labute approximate surface area is 146 Å². The molecule has 2 aliphatic heterocycles. The Balaban J connectivity index is 1.95. The molecule has 2 aliphatic rings. The number of rotatable bonds is 8. The normalized spacial score (nSPS) is 40.9. The number of phosphoric ester groups is 1. The van der Waals surface area contributed by atoms with Crippen LogP contribution in [-0.2, 0) is 36.7 Å². The van der Waals surface area contributed by atoms with Crippen molar-refractivity contribution in [2.45, 2.75) is 69.7 Å². The molecule has 0 spiro atoms. The third-order valence-electron chi connectivity index (χ3n) is 4.23. The fourth-order valence-electron chi connectivity index (χ4n) is 3.15. The molecule has 0 aromatic heterocycles. The average molecular weight is 401 g/mol. The van der Waals surface area contributed by atoms with Gasteiger partial charge in [0.25, 0.3) is 7.82 Å². The topological polar surface area (TPSA) is 141 Å². The highest BCUT2D eigenvalue weighted by Crippen LogP contribution is 2.49. The van der Waals surface area contributed by atoms with Gasteiger partial charge in [-0.15, -0.1) is 0 Å². The Bertz CT molecular complexity index is 573. The Morgan fingerprint density at radius 2 is 1.96 bits per heavy atom. The SMILES string of the molecule is C[C@H]1C[C@@H](O)[C@@H](COP(=O)([O-])O[C@]2(C)C[C@H](C)O[C@@H]2COP(=O)=O)O1. The van der Waals surface area contributed by atoms with E-state index in [1.165, 1.54) is 6.92 Å². The van der Waals surface area contributed by atoms with Crippen LogP contribution in [0, 0.1) is 0 Å². The highest BCUT2D eigenvalue weighted by molar-refractivity contribution is 7.45. The molecule has 7 atom stereocenters. The summed E-state index contributed by atoms with van der Waals surface area (Å²) >= 11 is 0. The number of aliphatic hydroxyl groups is 1. The molecule has 10 nitrogen and oxygen atoms in total. The Hall–Kier alpha value is -0.150. The van der Waals surface area contributed by atoms with E-state index < -0.39 is 39.6 Å². The third-order valence-corrected chi connectivity index (χ3v) is 5.69. The number of aliphatic hydroxyl groups excluding tert-OH is 1. The lowest BCUT2D eigenvalue weighted by Crippen LogP contribution is -2.41. The maximum atomic E-state index is 12.2. The minimum Gasteiger partial charge on any atom is -0.756 e. The van der Waals surface area contributed by atoms with Crippen molar-refractivity contribution < 1.29 is 46.7 Å². The smallest absolute Gasteiger partial charge is 0.468 e. The quantitative estimate of drug-likeness (QED) is 0.587. The van der Waals surface area contributed by atoms with E-state index in [0.29, 0.717) is 6.42 Å². The summed E-state index contributed by atoms with van der Waals surface area (Å²) in [6, 6.07) is 0. The van der Waals surface area contributed by atoms with Crippen LogP contribution in [0.5, 0.6) is 0 Å². The number of ether oxygens (including phenoxy) is 2. The van der Waals surface area contributed by atoms with E-state index in [4.69, 9.17) is 18.5 Å². The molecule has 12 heteroatoms. The molecule has 0 amide bonds. The minimum atomic E-state index is -4.74. The molecule has 25 heavy (non-hydrogen) atoms. The van der Waals surface area contributed by atoms with Crippen molar-refractivity contribution in [3.63, 3.8) is 0 Å². The van der Waals surface area contributed by atoms with Crippen LogP contribution in [0.25, 0.3) is 0 Å². The van der Waals surface area contributed by atoms with Gasteiger partial charge >= 0.3 is 7.91 Å². The zero-order chi connectivity index (χ0) is 18.8. The number of phosphoric acid groups is 1. The second-order valence-corrected chi connectivity index (χ2v) is 8.63. The molecule has 0 radical (unpaired) electrons. The standard InChI is InChI=1S/C13H24O10P2/c1-8-4-10(14)11(21-8)6-20-25(17,18)23-13(3)5-9(2)22-12(13)7-19-24(15)16/h8-12,14H,4-7H2,1-3H3,(H,17,18)/p-1/t8-,9-,10+,11+,12+,13+/m0/s1. The maximum Gasteiger partial charge on any atom is 0.468 e. The molecule has 0 aromatic rings. The highest BCUT2D eigenvalue weighted by atomic mass is 31.2. The van der Waals surface area contributed by atoms with Crippen molar-refractivity contribution in [1.82, 2.24) is 0 Å². The van der Waals surface area contributed by atoms with Gasteiger partial charge < -0.3 is 28.5 Å². The molecule has 0 aliphatic carbocycles. The van der Waals surface area contributed by atoms with Gasteiger partial charge in [0.05, 0.1) is 31.5 Å². The summed E-state index contributed by atoms with van der Waals surface area (Å²) in [6.45, 7) is 4.23. The Kier molecular flexibility index (Phi) is 6.98. The van der Waals surface area contributed by atoms with Crippen LogP contribution in [0.3, 0.4) is 0 Å². The summed E-state index contributed by atoms with van der Waals surface area (Å²) in [4.78, 5) is 12.2. The molecular weight excluding hydrogens is 378 g/mol. The van der Waals surface area contributed by atoms with Crippen LogP contribution in [0.15, 0.2) is 0 Å². The number of hydrogen-bond donors (Lipinski definition) is 1. The van der Waals surface area contributed by atoms with Crippen molar-refractivity contribution in [2.75, 3.05) is 13.2 Å². The molecular formula is C13H23O10P2-. The first-order valence-corrected chi connectivity index (χ1v) is 10.5. The monoisotopic (exact) mass is 401 g/mol. The van der Waals surface area contributed by atoms with Crippen molar-refractivity contribution in [3.05, 3.63) is 0 Å². The molecule has 1 unspecified atom stereocenters. The first-order chi connectivity index (χ1) is 11.5. The van der Waals surface area contributed by atoms with Gasteiger partial charge in [-0.1, -0.05) is 0 Å². The summed E-state index contributed by atoms with van der Waals surface area (Å²) in [7, 11) is -7.83. The first kappa shape index (κ1) is 21.2. The summed E-state index contributed by atoms with van der Waals surface area (Å²) in [5, 5.41) is 9.76. The van der Waals surface area contributed by atoms with Crippen LogP contribution >= 0.6 is 15.7 Å². The van der Waals surface area contributed by atoms with Gasteiger partial charge in [-0.05, 0) is 20.8 Å². The number of hydrogen-bond acceptors (Lipinski definition) is 10. The average Bonchev–Trinajstić information content (AvgIpc) is 2.92. The molecule has 0 saturated carbocycles. The lowest BCUT2D eigenvalue weighted by atomic mass is 9.97. The molecule has 0 aromatic carbocycles. The van der Waals surface area contributed by atoms with Gasteiger partial charge in [0.2, 0.25) is 0 Å². The van der Waals surface area contributed by atoms with E-state index in [2.05, 4.69) is 4.52 Å². The van der Waals surface area contributed by atoms with Gasteiger partial charge in [-0.25, -0.2) is 9.13 Å². The van der Waals surface area contributed by atoms with E-state index in [1.807, 2.05) is 0 Å². The Morgan fingerprint density at radius 1 is 1.28 bits per heavy atom. The van der Waals surface area contributed by atoms with E-state index in [-0.39, 0.29) is 31.8 Å². The van der Waals surface area contributed by atoms with Crippen molar-refractivity contribution in [3.8, 4) is 0 Å². The van der Waals surface area contributed by atoms with Crippen molar-refractivity contribution >= 4 is 15.7 Å². The van der Waals surface area contributed by atoms with Gasteiger partial charge in [0.1, 0.15) is 17.8 Å². The van der Waals surface area contributed by atoms with Gasteiger partial charge in [0.15, 0.2) is 0 Å². The minimum absolute atomic E-state index is 0.187. The van der Waals surface area contributed by atoms with Crippen molar-refractivity contribution in [2.24, 2.45) is 0 Å². The highest BCUT2D eigenvalue weighted by Gasteiger charge is 2.47. The van der Waals surface area contributed by atoms with Crippen molar-refractivity contribution in [1.29, 1.82) is 0 Å². The molecule has 1 N–H and O–H groups in total. The van der Waals surface area contributed by atoms with Gasteiger partial charge in [0, 0.05) is 12.8 Å². The van der Waals surface area contributed by atoms with E-state index >= 15 is 0 Å². The fraction of sp³-hybridized carbons (Fsp3) is 1.00. The van der Waals surface area contributed by atoms with Crippen LogP contribution in [0.1, 0.15) is 33.6 Å². The summed E-state index contributed by atoms with van der Waals surface area (Å²) in [6.07, 6.45) is -2.38. The molecule has 2 heterocycles. The summed E-state index contributed by atoms with van der Waals surface area (Å²) in [5.41, 5.74) is -1.33. The van der Waals surface area contributed by atoms with Gasteiger partial charge in [-0.3, -0.25) is 9.09 Å². The summed E-state index contributed by atoms with van der Waals surface area (Å²) < 4.78 is 58.7. The Morgan fingerprint density at radius 3 is 2.52 bits per heavy atom. The summed E-state index contributed by atoms with van der Waals surface area (Å²) in [5.74, 6) is 0. The molecule has 0 bridgehead atoms. The first-order valence-electron chi connectivity index (χ1n) is 7.93. The molecule has 2 saturated heterocycles. The maximum absolute atomic E-state index is 12.2.